The maximum Gasteiger partial charge on any atom is 0.419 e. The average Bonchev–Trinajstić information content (AvgIpc) is 2.56. The molecule has 1 aromatic heterocycles. The second-order valence-corrected chi connectivity index (χ2v) is 5.06. The minimum Gasteiger partial charge on any atom is -0.457 e. The van der Waals surface area contributed by atoms with Crippen molar-refractivity contribution >= 4 is 5.82 Å². The molecule has 6 heteroatoms. The Morgan fingerprint density at radius 3 is 2.25 bits per heavy atom. The number of ether oxygens (including phenoxy) is 1. The van der Waals surface area contributed by atoms with Gasteiger partial charge in [0.05, 0.1) is 5.56 Å². The van der Waals surface area contributed by atoms with Gasteiger partial charge in [-0.15, -0.1) is 0 Å². The van der Waals surface area contributed by atoms with Crippen LogP contribution >= 0.6 is 0 Å². The largest absolute Gasteiger partial charge is 0.457 e. The van der Waals surface area contributed by atoms with Gasteiger partial charge < -0.3 is 10.5 Å². The topological polar surface area (TPSA) is 48.1 Å². The lowest BCUT2D eigenvalue weighted by Crippen LogP contribution is -2.06. The molecule has 0 bridgehead atoms. The Bertz CT molecular complexity index is 845. The number of para-hydroxylation sites is 1. The molecule has 3 aromatic rings. The van der Waals surface area contributed by atoms with Crippen molar-refractivity contribution in [1.82, 2.24) is 4.98 Å². The Labute approximate surface area is 136 Å². The van der Waals surface area contributed by atoms with Gasteiger partial charge in [0.25, 0.3) is 0 Å². The molecule has 1 heterocycles. The number of nitrogens with two attached hydrogens (primary N) is 1. The molecule has 2 aromatic carbocycles. The molecule has 24 heavy (non-hydrogen) atoms. The molecule has 0 aliphatic carbocycles. The van der Waals surface area contributed by atoms with E-state index in [2.05, 4.69) is 4.98 Å². The number of aromatic nitrogens is 1. The van der Waals surface area contributed by atoms with Crippen LogP contribution in [0.3, 0.4) is 0 Å². The Morgan fingerprint density at radius 1 is 0.875 bits per heavy atom. The zero-order valence-electron chi connectivity index (χ0n) is 12.4. The van der Waals surface area contributed by atoms with Crippen molar-refractivity contribution in [2.75, 3.05) is 5.73 Å². The molecule has 3 rings (SSSR count). The van der Waals surface area contributed by atoms with E-state index in [4.69, 9.17) is 10.5 Å². The number of pyridine rings is 1. The highest BCUT2D eigenvalue weighted by Gasteiger charge is 2.34. The van der Waals surface area contributed by atoms with Crippen molar-refractivity contribution in [3.05, 3.63) is 72.4 Å². The number of benzene rings is 2. The van der Waals surface area contributed by atoms with Crippen LogP contribution in [0.2, 0.25) is 0 Å². The van der Waals surface area contributed by atoms with Gasteiger partial charge in [0.1, 0.15) is 17.3 Å². The van der Waals surface area contributed by atoms with E-state index >= 15 is 0 Å². The highest BCUT2D eigenvalue weighted by Crippen LogP contribution is 2.38. The van der Waals surface area contributed by atoms with Gasteiger partial charge in [-0.3, -0.25) is 0 Å². The van der Waals surface area contributed by atoms with E-state index in [0.717, 1.165) is 17.2 Å². The summed E-state index contributed by atoms with van der Waals surface area (Å²) in [6, 6.07) is 15.3. The van der Waals surface area contributed by atoms with Crippen LogP contribution < -0.4 is 10.5 Å². The van der Waals surface area contributed by atoms with E-state index < -0.39 is 11.7 Å². The van der Waals surface area contributed by atoms with E-state index in [-0.39, 0.29) is 5.75 Å². The average molecular weight is 330 g/mol. The number of halogens is 3. The Hall–Kier alpha value is -3.02. The van der Waals surface area contributed by atoms with Crippen LogP contribution in [0.1, 0.15) is 5.56 Å². The van der Waals surface area contributed by atoms with Crippen LogP contribution in [0.25, 0.3) is 11.1 Å². The monoisotopic (exact) mass is 330 g/mol. The predicted molar refractivity (Wildman–Crippen MR) is 85.6 cm³/mol. The predicted octanol–water partition coefficient (Wildman–Crippen LogP) is 5.14. The molecule has 0 radical (unpaired) electrons. The van der Waals surface area contributed by atoms with Crippen molar-refractivity contribution < 1.29 is 17.9 Å². The summed E-state index contributed by atoms with van der Waals surface area (Å²) in [6.07, 6.45) is -2.88. The van der Waals surface area contributed by atoms with Gasteiger partial charge in [-0.25, -0.2) is 4.98 Å². The number of rotatable bonds is 3. The summed E-state index contributed by atoms with van der Waals surface area (Å²) >= 11 is 0. The lowest BCUT2D eigenvalue weighted by atomic mass is 10.1. The molecule has 0 amide bonds. The second-order valence-electron chi connectivity index (χ2n) is 5.06. The number of nitrogen functional groups attached to an aromatic ring is 1. The van der Waals surface area contributed by atoms with Gasteiger partial charge in [-0.05, 0) is 42.0 Å². The number of nitrogens with zero attached hydrogens (tertiary/aromatic N) is 1. The fraction of sp³-hybridized carbons (Fsp3) is 0.0556. The van der Waals surface area contributed by atoms with Crippen LogP contribution in [-0.4, -0.2) is 4.98 Å². The molecule has 2 N–H and O–H groups in total. The molecular formula is C18H13F3N2O. The molecule has 0 spiro atoms. The van der Waals surface area contributed by atoms with Crippen molar-refractivity contribution in [1.29, 1.82) is 0 Å². The van der Waals surface area contributed by atoms with E-state index in [9.17, 15) is 13.2 Å². The lowest BCUT2D eigenvalue weighted by molar-refractivity contribution is -0.138. The summed E-state index contributed by atoms with van der Waals surface area (Å²) in [5.74, 6) is 0.449. The fourth-order valence-electron chi connectivity index (χ4n) is 2.28. The third kappa shape index (κ3) is 3.32. The Kier molecular flexibility index (Phi) is 4.12. The number of hydrogen-bond donors (Lipinski definition) is 1. The van der Waals surface area contributed by atoms with Gasteiger partial charge in [0.2, 0.25) is 0 Å². The van der Waals surface area contributed by atoms with Crippen LogP contribution in [0.5, 0.6) is 11.5 Å². The number of alkyl halides is 3. The molecule has 3 nitrogen and oxygen atoms in total. The van der Waals surface area contributed by atoms with Gasteiger partial charge in [0.15, 0.2) is 0 Å². The zero-order valence-corrected chi connectivity index (χ0v) is 12.4. The van der Waals surface area contributed by atoms with Crippen molar-refractivity contribution in [3.63, 3.8) is 0 Å². The first-order valence-corrected chi connectivity index (χ1v) is 7.10. The van der Waals surface area contributed by atoms with Gasteiger partial charge in [-0.2, -0.15) is 13.2 Å². The maximum absolute atomic E-state index is 13.0. The first kappa shape index (κ1) is 15.9. The van der Waals surface area contributed by atoms with E-state index in [1.807, 2.05) is 6.07 Å². The standard InChI is InChI=1S/C18H13F3N2O/c19-18(20,21)15-5-1-2-6-16(15)24-13-9-7-12(8-10-13)14-4-3-11-23-17(14)22/h1-11H,(H2,22,23). The van der Waals surface area contributed by atoms with Crippen LogP contribution in [0.4, 0.5) is 19.0 Å². The van der Waals surface area contributed by atoms with Crippen LogP contribution in [0, 0.1) is 0 Å². The zero-order chi connectivity index (χ0) is 17.2. The Morgan fingerprint density at radius 2 is 1.58 bits per heavy atom. The van der Waals surface area contributed by atoms with E-state index in [1.165, 1.54) is 18.2 Å². The van der Waals surface area contributed by atoms with Crippen LogP contribution in [0.15, 0.2) is 66.9 Å². The van der Waals surface area contributed by atoms with Crippen molar-refractivity contribution in [2.24, 2.45) is 0 Å². The Balaban J connectivity index is 1.87. The van der Waals surface area contributed by atoms with E-state index in [0.29, 0.717) is 11.6 Å². The molecule has 0 aliphatic rings. The minimum atomic E-state index is -4.47. The molecule has 0 saturated heterocycles. The van der Waals surface area contributed by atoms with Gasteiger partial charge in [-0.1, -0.05) is 24.3 Å². The number of anilines is 1. The first-order chi connectivity index (χ1) is 11.4. The quantitative estimate of drug-likeness (QED) is 0.723. The summed E-state index contributed by atoms with van der Waals surface area (Å²) in [6.45, 7) is 0. The SMILES string of the molecule is Nc1ncccc1-c1ccc(Oc2ccccc2C(F)(F)F)cc1. The van der Waals surface area contributed by atoms with Crippen molar-refractivity contribution in [2.45, 2.75) is 6.18 Å². The smallest absolute Gasteiger partial charge is 0.419 e. The van der Waals surface area contributed by atoms with E-state index in [1.54, 1.807) is 36.5 Å². The van der Waals surface area contributed by atoms with Gasteiger partial charge >= 0.3 is 6.18 Å². The normalized spacial score (nSPS) is 11.3. The summed E-state index contributed by atoms with van der Waals surface area (Å²) in [4.78, 5) is 4.01. The third-order valence-electron chi connectivity index (χ3n) is 3.42. The highest BCUT2D eigenvalue weighted by molar-refractivity contribution is 5.73. The summed E-state index contributed by atoms with van der Waals surface area (Å²) in [7, 11) is 0. The van der Waals surface area contributed by atoms with Gasteiger partial charge in [0, 0.05) is 11.8 Å². The summed E-state index contributed by atoms with van der Waals surface area (Å²) in [5.41, 5.74) is 6.55. The molecule has 122 valence electrons. The molecular weight excluding hydrogens is 317 g/mol. The summed E-state index contributed by atoms with van der Waals surface area (Å²) < 4.78 is 44.3. The molecule has 0 aliphatic heterocycles. The number of hydrogen-bond acceptors (Lipinski definition) is 3. The minimum absolute atomic E-state index is 0.237. The third-order valence-corrected chi connectivity index (χ3v) is 3.42. The lowest BCUT2D eigenvalue weighted by Gasteiger charge is -2.13. The molecule has 0 saturated carbocycles. The molecule has 0 unspecified atom stereocenters. The maximum atomic E-state index is 13.0. The highest BCUT2D eigenvalue weighted by atomic mass is 19.4. The second kappa shape index (κ2) is 6.23. The van der Waals surface area contributed by atoms with Crippen molar-refractivity contribution in [3.8, 4) is 22.6 Å². The van der Waals surface area contributed by atoms with Crippen LogP contribution in [-0.2, 0) is 6.18 Å². The summed E-state index contributed by atoms with van der Waals surface area (Å²) in [5, 5.41) is 0. The first-order valence-electron chi connectivity index (χ1n) is 7.10. The molecule has 0 fully saturated rings. The fourth-order valence-corrected chi connectivity index (χ4v) is 2.28. The molecule has 0 atom stereocenters.